The Morgan fingerprint density at radius 3 is 2.52 bits per heavy atom. The van der Waals surface area contributed by atoms with Crippen LogP contribution in [0.3, 0.4) is 0 Å². The summed E-state index contributed by atoms with van der Waals surface area (Å²) < 4.78 is 57.3. The molecular weight excluding hydrogens is 663 g/mol. The highest BCUT2D eigenvalue weighted by Gasteiger charge is 2.44. The van der Waals surface area contributed by atoms with Crippen LogP contribution in [0.2, 0.25) is 0 Å². The first-order chi connectivity index (χ1) is 23.1. The zero-order valence-corrected chi connectivity index (χ0v) is 28.8. The van der Waals surface area contributed by atoms with E-state index >= 15 is 0 Å². The van der Waals surface area contributed by atoms with Gasteiger partial charge in [-0.3, -0.25) is 4.21 Å². The van der Waals surface area contributed by atoms with Gasteiger partial charge >= 0.3 is 6.09 Å². The largest absolute Gasteiger partial charge is 0.760 e. The van der Waals surface area contributed by atoms with E-state index < -0.39 is 35.6 Å². The Bertz CT molecular complexity index is 1470. The fourth-order valence-corrected chi connectivity index (χ4v) is 6.84. The number of carbonyl (C=O) groups is 1. The summed E-state index contributed by atoms with van der Waals surface area (Å²) in [5.41, 5.74) is 1.68. The monoisotopic (exact) mass is 704 g/mol. The second kappa shape index (κ2) is 17.4. The molecule has 13 nitrogen and oxygen atoms in total. The Balaban J connectivity index is 0.000000427. The molecule has 0 radical (unpaired) electrons. The van der Waals surface area contributed by atoms with Crippen LogP contribution < -0.4 is 19.5 Å². The van der Waals surface area contributed by atoms with Crippen molar-refractivity contribution < 1.29 is 47.1 Å². The first-order valence-corrected chi connectivity index (χ1v) is 17.8. The van der Waals surface area contributed by atoms with Gasteiger partial charge in [0.2, 0.25) is 6.79 Å². The molecular formula is C33H42N3O10S2-. The van der Waals surface area contributed by atoms with Crippen molar-refractivity contribution in [2.75, 3.05) is 33.1 Å². The van der Waals surface area contributed by atoms with Crippen molar-refractivity contribution in [3.8, 4) is 17.2 Å². The van der Waals surface area contributed by atoms with Gasteiger partial charge in [0.05, 0.1) is 42.0 Å². The van der Waals surface area contributed by atoms with Crippen molar-refractivity contribution in [3.63, 3.8) is 0 Å². The zero-order valence-electron chi connectivity index (χ0n) is 27.1. The Kier molecular flexibility index (Phi) is 13.0. The average Bonchev–Trinajstić information content (AvgIpc) is 3.87. The van der Waals surface area contributed by atoms with Crippen LogP contribution in [-0.2, 0) is 38.5 Å². The number of hydrogen-bond donors (Lipinski definition) is 2. The number of ether oxygens (including phenoxy) is 6. The fraction of sp³-hybridized carbons (Fsp3) is 0.515. The van der Waals surface area contributed by atoms with E-state index in [-0.39, 0.29) is 44.2 Å². The summed E-state index contributed by atoms with van der Waals surface area (Å²) in [4.78, 5) is 17.3. The standard InChI is InChI=1S/C26H37N3O8S2.C7H6O2/c1-16(2)11-29(39(32)33)12-23(30)22(28-26(31)37-24-14-36-25-21(24)8-9-34-25)10-18-4-6-20(7-5-18)35-13-19-15-38-17(3)27-19;1-2-4-7-6(3-1)8-5-9-7/h4-7,15-16,21-25,30H,8-14H2,1-3H3,(H,28,31)(H,32,33);1-4H,5H2/p-1/t21-,22-,23+,24-,25+;/m0./s1. The molecule has 6 atom stereocenters. The highest BCUT2D eigenvalue weighted by molar-refractivity contribution is 7.76. The quantitative estimate of drug-likeness (QED) is 0.248. The third-order valence-electron chi connectivity index (χ3n) is 7.89. The molecule has 2 saturated heterocycles. The Morgan fingerprint density at radius 2 is 1.88 bits per heavy atom. The third-order valence-corrected chi connectivity index (χ3v) is 9.43. The maximum absolute atomic E-state index is 12.9. The lowest BCUT2D eigenvalue weighted by Gasteiger charge is -2.32. The van der Waals surface area contributed by atoms with E-state index in [0.717, 1.165) is 38.5 Å². The number of para-hydroxylation sites is 2. The Hall–Kier alpha value is -3.31. The summed E-state index contributed by atoms with van der Waals surface area (Å²) in [7, 11) is 0. The predicted octanol–water partition coefficient (Wildman–Crippen LogP) is 3.96. The lowest BCUT2D eigenvalue weighted by molar-refractivity contribution is -0.0907. The second-order valence-corrected chi connectivity index (χ2v) is 14.1. The highest BCUT2D eigenvalue weighted by atomic mass is 32.2. The molecule has 15 heteroatoms. The number of amides is 1. The molecule has 1 amide bonds. The van der Waals surface area contributed by atoms with Crippen LogP contribution in [0.4, 0.5) is 4.79 Å². The van der Waals surface area contributed by atoms with Crippen LogP contribution in [0.15, 0.2) is 53.9 Å². The number of alkyl carbamates (subject to hydrolysis) is 1. The molecule has 0 saturated carbocycles. The van der Waals surface area contributed by atoms with Gasteiger partial charge in [0, 0.05) is 29.7 Å². The van der Waals surface area contributed by atoms with Crippen LogP contribution in [0, 0.1) is 18.8 Å². The number of thiazole rings is 1. The number of aliphatic hydroxyl groups is 1. The summed E-state index contributed by atoms with van der Waals surface area (Å²) in [6.45, 7) is 7.32. The van der Waals surface area contributed by atoms with Gasteiger partial charge in [0.25, 0.3) is 0 Å². The van der Waals surface area contributed by atoms with Crippen LogP contribution in [0.1, 0.15) is 36.5 Å². The van der Waals surface area contributed by atoms with Gasteiger partial charge in [-0.2, -0.15) is 0 Å². The minimum Gasteiger partial charge on any atom is -0.760 e. The number of hydrogen-bond acceptors (Lipinski definition) is 12. The number of fused-ring (bicyclic) bond motifs is 2. The van der Waals surface area contributed by atoms with E-state index in [9.17, 15) is 18.7 Å². The SMILES string of the molecule is Cc1nc(COc2ccc(C[C@H](NC(=O)O[C@H]3CO[C@H]4OCC[C@H]43)[C@H](O)CN(CC(C)C)S(=O)[O-])cc2)cs1.c1ccc2c(c1)OCO2. The molecule has 2 N–H and O–H groups in total. The molecule has 0 bridgehead atoms. The van der Waals surface area contributed by atoms with E-state index in [4.69, 9.17) is 28.4 Å². The smallest absolute Gasteiger partial charge is 0.407 e. The molecule has 0 spiro atoms. The number of aromatic nitrogens is 1. The Labute approximate surface area is 286 Å². The van der Waals surface area contributed by atoms with E-state index in [2.05, 4.69) is 10.3 Å². The van der Waals surface area contributed by atoms with Crippen LogP contribution in [0.25, 0.3) is 0 Å². The molecule has 6 rings (SSSR count). The van der Waals surface area contributed by atoms with Gasteiger partial charge in [-0.15, -0.1) is 11.3 Å². The molecule has 3 aliphatic heterocycles. The van der Waals surface area contributed by atoms with Crippen LogP contribution in [0.5, 0.6) is 17.2 Å². The van der Waals surface area contributed by atoms with Crippen molar-refractivity contribution in [1.29, 1.82) is 0 Å². The van der Waals surface area contributed by atoms with E-state index in [1.165, 1.54) is 0 Å². The first kappa shape index (κ1) is 36.0. The number of nitrogens with one attached hydrogen (secondary N) is 1. The fourth-order valence-electron chi connectivity index (χ4n) is 5.55. The molecule has 3 aliphatic rings. The average molecular weight is 705 g/mol. The number of rotatable bonds is 13. The van der Waals surface area contributed by atoms with Gasteiger partial charge in [-0.25, -0.2) is 14.1 Å². The summed E-state index contributed by atoms with van der Waals surface area (Å²) in [5.74, 6) is 2.39. The molecule has 4 heterocycles. The second-order valence-electron chi connectivity index (χ2n) is 12.1. The maximum atomic E-state index is 12.9. The summed E-state index contributed by atoms with van der Waals surface area (Å²) in [6, 6.07) is 14.1. The van der Waals surface area contributed by atoms with Crippen molar-refractivity contribution in [2.24, 2.45) is 11.8 Å². The molecule has 262 valence electrons. The lowest BCUT2D eigenvalue weighted by Crippen LogP contribution is -2.51. The molecule has 1 unspecified atom stereocenters. The molecule has 2 aromatic carbocycles. The topological polar surface area (TPSA) is 161 Å². The summed E-state index contributed by atoms with van der Waals surface area (Å²) in [5, 5.41) is 16.8. The minimum absolute atomic E-state index is 0.0238. The van der Waals surface area contributed by atoms with E-state index in [1.807, 2.05) is 74.7 Å². The number of carbonyl (C=O) groups excluding carboxylic acids is 1. The first-order valence-electron chi connectivity index (χ1n) is 15.8. The molecule has 3 aromatic rings. The van der Waals surface area contributed by atoms with Crippen molar-refractivity contribution in [1.82, 2.24) is 14.6 Å². The maximum Gasteiger partial charge on any atom is 0.407 e. The van der Waals surface area contributed by atoms with Gasteiger partial charge in [0.1, 0.15) is 18.5 Å². The van der Waals surface area contributed by atoms with Gasteiger partial charge in [-0.05, 0) is 55.5 Å². The van der Waals surface area contributed by atoms with Gasteiger partial charge in [-0.1, -0.05) is 38.1 Å². The van der Waals surface area contributed by atoms with Crippen LogP contribution in [-0.4, -0.2) is 86.9 Å². The number of aryl methyl sites for hydroxylation is 1. The zero-order chi connectivity index (χ0) is 34.0. The molecule has 2 fully saturated rings. The molecule has 48 heavy (non-hydrogen) atoms. The van der Waals surface area contributed by atoms with Crippen molar-refractivity contribution in [3.05, 3.63) is 70.2 Å². The lowest BCUT2D eigenvalue weighted by atomic mass is 10.0. The molecule has 1 aromatic heterocycles. The van der Waals surface area contributed by atoms with Crippen LogP contribution >= 0.6 is 11.3 Å². The van der Waals surface area contributed by atoms with Gasteiger partial charge in [0.15, 0.2) is 17.8 Å². The number of aliphatic hydroxyl groups excluding tert-OH is 1. The molecule has 0 aliphatic carbocycles. The number of benzene rings is 2. The Morgan fingerprint density at radius 1 is 1.15 bits per heavy atom. The summed E-state index contributed by atoms with van der Waals surface area (Å²) >= 11 is -0.954. The predicted molar refractivity (Wildman–Crippen MR) is 176 cm³/mol. The van der Waals surface area contributed by atoms with Crippen molar-refractivity contribution in [2.45, 2.75) is 64.8 Å². The van der Waals surface area contributed by atoms with Crippen molar-refractivity contribution >= 4 is 28.7 Å². The minimum atomic E-state index is -2.52. The summed E-state index contributed by atoms with van der Waals surface area (Å²) in [6.07, 6.45) is -1.69. The van der Waals surface area contributed by atoms with E-state index in [1.54, 1.807) is 11.3 Å². The van der Waals surface area contributed by atoms with E-state index in [0.29, 0.717) is 25.8 Å². The van der Waals surface area contributed by atoms with Gasteiger partial charge < -0.3 is 43.4 Å². The normalized spacial score (nSPS) is 21.3. The number of nitrogens with zero attached hydrogens (tertiary/aromatic N) is 2. The highest BCUT2D eigenvalue weighted by Crippen LogP contribution is 2.33. The third kappa shape index (κ3) is 10.3.